The Hall–Kier alpha value is -2.28. The molecule has 0 saturated carbocycles. The van der Waals surface area contributed by atoms with Gasteiger partial charge in [-0.25, -0.2) is 9.37 Å². The molecule has 5 nitrogen and oxygen atoms in total. The second-order valence-corrected chi connectivity index (χ2v) is 5.38. The van der Waals surface area contributed by atoms with E-state index >= 15 is 0 Å². The molecule has 1 amide bonds. The van der Waals surface area contributed by atoms with E-state index in [-0.39, 0.29) is 11.4 Å². The highest BCUT2D eigenvalue weighted by molar-refractivity contribution is 7.22. The molecule has 0 fully saturated rings. The fourth-order valence-corrected chi connectivity index (χ4v) is 2.68. The Morgan fingerprint density at radius 3 is 2.90 bits per heavy atom. The van der Waals surface area contributed by atoms with Crippen molar-refractivity contribution in [1.29, 1.82) is 0 Å². The van der Waals surface area contributed by atoms with Crippen LogP contribution >= 0.6 is 11.3 Å². The first-order chi connectivity index (χ1) is 9.54. The zero-order chi connectivity index (χ0) is 14.3. The molecule has 0 aliphatic rings. The highest BCUT2D eigenvalue weighted by atomic mass is 32.1. The zero-order valence-corrected chi connectivity index (χ0v) is 11.7. The monoisotopic (exact) mass is 290 g/mol. The number of aryl methyl sites for hydroxylation is 2. The number of carbonyl (C=O) groups is 1. The van der Waals surface area contributed by atoms with Crippen LogP contribution in [0.15, 0.2) is 24.3 Å². The summed E-state index contributed by atoms with van der Waals surface area (Å²) in [5.74, 6) is -0.749. The average Bonchev–Trinajstić information content (AvgIpc) is 2.95. The molecule has 0 spiro atoms. The van der Waals surface area contributed by atoms with E-state index in [0.29, 0.717) is 15.5 Å². The van der Waals surface area contributed by atoms with Gasteiger partial charge in [-0.2, -0.15) is 5.10 Å². The number of nitrogens with zero attached hydrogens (tertiary/aromatic N) is 3. The van der Waals surface area contributed by atoms with E-state index in [1.165, 1.54) is 17.4 Å². The van der Waals surface area contributed by atoms with Crippen molar-refractivity contribution in [2.45, 2.75) is 6.92 Å². The molecule has 0 saturated heterocycles. The summed E-state index contributed by atoms with van der Waals surface area (Å²) in [6.45, 7) is 1.86. The number of aromatic nitrogens is 3. The summed E-state index contributed by atoms with van der Waals surface area (Å²) >= 11 is 1.23. The average molecular weight is 290 g/mol. The van der Waals surface area contributed by atoms with Gasteiger partial charge >= 0.3 is 0 Å². The number of hydrogen-bond acceptors (Lipinski definition) is 4. The van der Waals surface area contributed by atoms with Crippen LogP contribution in [-0.2, 0) is 7.05 Å². The first kappa shape index (κ1) is 12.7. The fourth-order valence-electron chi connectivity index (χ4n) is 1.80. The maximum atomic E-state index is 13.5. The summed E-state index contributed by atoms with van der Waals surface area (Å²) in [4.78, 5) is 16.1. The summed E-state index contributed by atoms with van der Waals surface area (Å²) in [6.07, 6.45) is 0. The maximum Gasteiger partial charge on any atom is 0.277 e. The Labute approximate surface area is 118 Å². The number of halogens is 1. The van der Waals surface area contributed by atoms with Crippen LogP contribution in [0, 0.1) is 12.7 Å². The molecule has 2 heterocycles. The van der Waals surface area contributed by atoms with Crippen LogP contribution in [0.4, 0.5) is 9.52 Å². The van der Waals surface area contributed by atoms with Crippen molar-refractivity contribution in [3.8, 4) is 0 Å². The third-order valence-electron chi connectivity index (χ3n) is 2.94. The Morgan fingerprint density at radius 1 is 1.45 bits per heavy atom. The maximum absolute atomic E-state index is 13.5. The summed E-state index contributed by atoms with van der Waals surface area (Å²) in [5.41, 5.74) is 1.46. The van der Waals surface area contributed by atoms with Gasteiger partial charge in [-0.1, -0.05) is 17.4 Å². The summed E-state index contributed by atoms with van der Waals surface area (Å²) < 4.78 is 15.8. The predicted molar refractivity (Wildman–Crippen MR) is 75.5 cm³/mol. The van der Waals surface area contributed by atoms with Crippen LogP contribution in [0.25, 0.3) is 10.2 Å². The van der Waals surface area contributed by atoms with E-state index in [9.17, 15) is 9.18 Å². The summed E-state index contributed by atoms with van der Waals surface area (Å²) in [6, 6.07) is 6.40. The van der Waals surface area contributed by atoms with Crippen LogP contribution in [0.1, 0.15) is 16.2 Å². The summed E-state index contributed by atoms with van der Waals surface area (Å²) in [7, 11) is 1.76. The molecule has 7 heteroatoms. The molecule has 2 aromatic heterocycles. The first-order valence-electron chi connectivity index (χ1n) is 5.91. The molecule has 20 heavy (non-hydrogen) atoms. The van der Waals surface area contributed by atoms with Crippen LogP contribution in [0.3, 0.4) is 0 Å². The minimum Gasteiger partial charge on any atom is -0.296 e. The van der Waals surface area contributed by atoms with Gasteiger partial charge in [0.25, 0.3) is 5.91 Å². The van der Waals surface area contributed by atoms with Gasteiger partial charge in [-0.15, -0.1) is 0 Å². The third kappa shape index (κ3) is 2.16. The number of fused-ring (bicyclic) bond motifs is 1. The van der Waals surface area contributed by atoms with Gasteiger partial charge in [-0.05, 0) is 25.1 Å². The van der Waals surface area contributed by atoms with Crippen molar-refractivity contribution >= 4 is 32.6 Å². The second-order valence-electron chi connectivity index (χ2n) is 4.35. The van der Waals surface area contributed by atoms with E-state index in [0.717, 1.165) is 5.69 Å². The van der Waals surface area contributed by atoms with Crippen molar-refractivity contribution in [3.05, 3.63) is 41.5 Å². The SMILES string of the molecule is Cc1cc(C(=O)Nc2nc3c(F)cccc3s2)nn1C. The van der Waals surface area contributed by atoms with Crippen molar-refractivity contribution in [1.82, 2.24) is 14.8 Å². The molecule has 3 rings (SSSR count). The highest BCUT2D eigenvalue weighted by Crippen LogP contribution is 2.27. The minimum absolute atomic E-state index is 0.269. The minimum atomic E-state index is -0.395. The van der Waals surface area contributed by atoms with Crippen molar-refractivity contribution < 1.29 is 9.18 Å². The van der Waals surface area contributed by atoms with E-state index in [1.54, 1.807) is 29.9 Å². The highest BCUT2D eigenvalue weighted by Gasteiger charge is 2.14. The van der Waals surface area contributed by atoms with Gasteiger partial charge in [0.1, 0.15) is 11.3 Å². The molecule has 0 atom stereocenters. The Balaban J connectivity index is 1.89. The van der Waals surface area contributed by atoms with E-state index in [2.05, 4.69) is 15.4 Å². The predicted octanol–water partition coefficient (Wildman–Crippen LogP) is 2.73. The molecule has 1 aromatic carbocycles. The standard InChI is InChI=1S/C13H11FN4OS/c1-7-6-9(17-18(7)2)12(19)16-13-15-11-8(14)4-3-5-10(11)20-13/h3-6H,1-2H3,(H,15,16,19). The lowest BCUT2D eigenvalue weighted by atomic mass is 10.3. The van der Waals surface area contributed by atoms with E-state index in [1.807, 2.05) is 6.92 Å². The largest absolute Gasteiger partial charge is 0.296 e. The lowest BCUT2D eigenvalue weighted by molar-refractivity contribution is 0.102. The zero-order valence-electron chi connectivity index (χ0n) is 10.8. The lowest BCUT2D eigenvalue weighted by Crippen LogP contribution is -2.12. The third-order valence-corrected chi connectivity index (χ3v) is 3.87. The van der Waals surface area contributed by atoms with Crippen molar-refractivity contribution in [2.75, 3.05) is 5.32 Å². The summed E-state index contributed by atoms with van der Waals surface area (Å²) in [5, 5.41) is 7.09. The quantitative estimate of drug-likeness (QED) is 0.789. The number of benzene rings is 1. The lowest BCUT2D eigenvalue weighted by Gasteiger charge is -1.96. The van der Waals surface area contributed by atoms with Crippen molar-refractivity contribution in [2.24, 2.45) is 7.05 Å². The molecule has 0 bridgehead atoms. The molecule has 1 N–H and O–H groups in total. The van der Waals surface area contributed by atoms with Crippen LogP contribution in [0.5, 0.6) is 0 Å². The van der Waals surface area contributed by atoms with Gasteiger partial charge < -0.3 is 0 Å². The van der Waals surface area contributed by atoms with Gasteiger partial charge in [-0.3, -0.25) is 14.8 Å². The molecular weight excluding hydrogens is 279 g/mol. The van der Waals surface area contributed by atoms with Gasteiger partial charge in [0.05, 0.1) is 4.70 Å². The fraction of sp³-hybridized carbons (Fsp3) is 0.154. The molecule has 102 valence electrons. The van der Waals surface area contributed by atoms with Gasteiger partial charge in [0.15, 0.2) is 10.8 Å². The second kappa shape index (κ2) is 4.68. The molecule has 0 radical (unpaired) electrons. The number of nitrogens with one attached hydrogen (secondary N) is 1. The van der Waals surface area contributed by atoms with Crippen LogP contribution < -0.4 is 5.32 Å². The number of para-hydroxylation sites is 1. The topological polar surface area (TPSA) is 59.8 Å². The molecule has 3 aromatic rings. The van der Waals surface area contributed by atoms with Crippen molar-refractivity contribution in [3.63, 3.8) is 0 Å². The number of carbonyl (C=O) groups excluding carboxylic acids is 1. The number of amides is 1. The number of thiazole rings is 1. The smallest absolute Gasteiger partial charge is 0.277 e. The molecular formula is C13H11FN4OS. The molecule has 0 aliphatic heterocycles. The molecule has 0 aliphatic carbocycles. The normalized spacial score (nSPS) is 10.9. The Kier molecular flexibility index (Phi) is 2.98. The first-order valence-corrected chi connectivity index (χ1v) is 6.73. The van der Waals surface area contributed by atoms with Gasteiger partial charge in [0, 0.05) is 12.7 Å². The molecule has 0 unspecified atom stereocenters. The Bertz CT molecular complexity index is 788. The van der Waals surface area contributed by atoms with Gasteiger partial charge in [0.2, 0.25) is 0 Å². The number of rotatable bonds is 2. The number of hydrogen-bond donors (Lipinski definition) is 1. The van der Waals surface area contributed by atoms with E-state index in [4.69, 9.17) is 0 Å². The van der Waals surface area contributed by atoms with E-state index < -0.39 is 5.82 Å². The number of anilines is 1. The Morgan fingerprint density at radius 2 is 2.25 bits per heavy atom. The van der Waals surface area contributed by atoms with Crippen LogP contribution in [-0.4, -0.2) is 20.7 Å². The van der Waals surface area contributed by atoms with Crippen LogP contribution in [0.2, 0.25) is 0 Å².